The summed E-state index contributed by atoms with van der Waals surface area (Å²) in [5, 5.41) is 3.33. The lowest BCUT2D eigenvalue weighted by molar-refractivity contribution is 0.0735. The third-order valence-corrected chi connectivity index (χ3v) is 5.10. The molecule has 2 aromatic carbocycles. The highest BCUT2D eigenvalue weighted by Crippen LogP contribution is 2.34. The van der Waals surface area contributed by atoms with Crippen LogP contribution in [0.2, 0.25) is 0 Å². The second-order valence-corrected chi connectivity index (χ2v) is 6.52. The number of amides is 1. The molecule has 0 radical (unpaired) electrons. The first-order chi connectivity index (χ1) is 11.8. The van der Waals surface area contributed by atoms with Crippen molar-refractivity contribution in [3.63, 3.8) is 0 Å². The number of nitrogens with zero attached hydrogens (tertiary/aromatic N) is 1. The summed E-state index contributed by atoms with van der Waals surface area (Å²) in [6.45, 7) is 2.59. The largest absolute Gasteiger partial charge is 0.497 e. The van der Waals surface area contributed by atoms with E-state index in [4.69, 9.17) is 4.74 Å². The molecule has 0 saturated carbocycles. The Hall–Kier alpha value is -2.33. The number of methoxy groups -OCH3 is 1. The minimum Gasteiger partial charge on any atom is -0.497 e. The molecule has 24 heavy (non-hydrogen) atoms. The van der Waals surface area contributed by atoms with Gasteiger partial charge in [-0.2, -0.15) is 0 Å². The number of hydrogen-bond acceptors (Lipinski definition) is 3. The maximum atomic E-state index is 13.0. The van der Waals surface area contributed by atoms with Crippen LogP contribution in [0.5, 0.6) is 5.75 Å². The highest BCUT2D eigenvalue weighted by atomic mass is 16.5. The normalized spacial score (nSPS) is 19.4. The van der Waals surface area contributed by atoms with E-state index in [2.05, 4.69) is 29.6 Å². The number of fused-ring (bicyclic) bond motifs is 1. The first-order valence-corrected chi connectivity index (χ1v) is 8.54. The maximum absolute atomic E-state index is 13.0. The molecule has 1 saturated heterocycles. The fourth-order valence-electron chi connectivity index (χ4n) is 3.78. The van der Waals surface area contributed by atoms with Crippen molar-refractivity contribution in [2.24, 2.45) is 0 Å². The Morgan fingerprint density at radius 1 is 1.12 bits per heavy atom. The number of likely N-dealkylation sites (tertiary alicyclic amines) is 1. The standard InChI is InChI=1S/C20H22N2O2/c1-24-18-8-6-14(7-9-18)19-3-2-10-22(19)20(23)15-4-5-16-12-21-13-17(16)11-15/h4-9,11,19,21H,2-3,10,12-13H2,1H3. The molecule has 0 spiro atoms. The summed E-state index contributed by atoms with van der Waals surface area (Å²) >= 11 is 0. The molecule has 1 N–H and O–H groups in total. The molecule has 4 nitrogen and oxygen atoms in total. The Morgan fingerprint density at radius 2 is 1.92 bits per heavy atom. The van der Waals surface area contributed by atoms with Gasteiger partial charge in [-0.3, -0.25) is 4.79 Å². The van der Waals surface area contributed by atoms with Gasteiger partial charge in [0.2, 0.25) is 0 Å². The lowest BCUT2D eigenvalue weighted by atomic mass is 10.0. The highest BCUT2D eigenvalue weighted by Gasteiger charge is 2.31. The summed E-state index contributed by atoms with van der Waals surface area (Å²) in [4.78, 5) is 15.1. The van der Waals surface area contributed by atoms with Gasteiger partial charge in [0.15, 0.2) is 0 Å². The number of rotatable bonds is 3. The van der Waals surface area contributed by atoms with E-state index in [1.54, 1.807) is 7.11 Å². The van der Waals surface area contributed by atoms with Crippen molar-refractivity contribution in [1.29, 1.82) is 0 Å². The summed E-state index contributed by atoms with van der Waals surface area (Å²) in [6, 6.07) is 14.4. The first kappa shape index (κ1) is 15.2. The zero-order chi connectivity index (χ0) is 16.5. The van der Waals surface area contributed by atoms with Gasteiger partial charge in [0.25, 0.3) is 5.91 Å². The van der Waals surface area contributed by atoms with Crippen molar-refractivity contribution in [1.82, 2.24) is 10.2 Å². The number of carbonyl (C=O) groups is 1. The molecule has 1 fully saturated rings. The van der Waals surface area contributed by atoms with Gasteiger partial charge in [0.05, 0.1) is 13.2 Å². The zero-order valence-corrected chi connectivity index (χ0v) is 13.9. The van der Waals surface area contributed by atoms with Crippen molar-refractivity contribution in [3.8, 4) is 5.75 Å². The fourth-order valence-corrected chi connectivity index (χ4v) is 3.78. The number of nitrogens with one attached hydrogen (secondary N) is 1. The van der Waals surface area contributed by atoms with E-state index in [0.717, 1.165) is 43.8 Å². The van der Waals surface area contributed by atoms with Crippen molar-refractivity contribution >= 4 is 5.91 Å². The Labute approximate surface area is 142 Å². The average Bonchev–Trinajstić information content (AvgIpc) is 3.29. The fraction of sp³-hybridized carbons (Fsp3) is 0.350. The topological polar surface area (TPSA) is 41.6 Å². The summed E-state index contributed by atoms with van der Waals surface area (Å²) in [5.41, 5.74) is 4.54. The number of carbonyl (C=O) groups excluding carboxylic acids is 1. The van der Waals surface area contributed by atoms with E-state index in [0.29, 0.717) is 0 Å². The third-order valence-electron chi connectivity index (χ3n) is 5.10. The number of ether oxygens (including phenoxy) is 1. The Morgan fingerprint density at radius 3 is 2.71 bits per heavy atom. The smallest absolute Gasteiger partial charge is 0.254 e. The Kier molecular flexibility index (Phi) is 3.98. The molecule has 2 heterocycles. The molecule has 2 aliphatic heterocycles. The molecular weight excluding hydrogens is 300 g/mol. The van der Waals surface area contributed by atoms with E-state index < -0.39 is 0 Å². The van der Waals surface area contributed by atoms with E-state index in [1.807, 2.05) is 23.1 Å². The van der Waals surface area contributed by atoms with E-state index in [-0.39, 0.29) is 11.9 Å². The summed E-state index contributed by atoms with van der Waals surface area (Å²) in [7, 11) is 1.67. The van der Waals surface area contributed by atoms with E-state index >= 15 is 0 Å². The van der Waals surface area contributed by atoms with Crippen molar-refractivity contribution in [2.45, 2.75) is 32.0 Å². The second kappa shape index (κ2) is 6.29. The van der Waals surface area contributed by atoms with Gasteiger partial charge in [0, 0.05) is 25.2 Å². The van der Waals surface area contributed by atoms with Crippen LogP contribution >= 0.6 is 0 Å². The maximum Gasteiger partial charge on any atom is 0.254 e. The van der Waals surface area contributed by atoms with Crippen LogP contribution in [0.15, 0.2) is 42.5 Å². The monoisotopic (exact) mass is 322 g/mol. The SMILES string of the molecule is COc1ccc(C2CCCN2C(=O)c2ccc3c(c2)CNC3)cc1. The van der Waals surface area contributed by atoms with Crippen LogP contribution in [-0.4, -0.2) is 24.5 Å². The third kappa shape index (κ3) is 2.67. The molecule has 1 atom stereocenters. The Balaban J connectivity index is 1.58. The van der Waals surface area contributed by atoms with Crippen LogP contribution in [0.4, 0.5) is 0 Å². The summed E-state index contributed by atoms with van der Waals surface area (Å²) in [5.74, 6) is 0.990. The second-order valence-electron chi connectivity index (χ2n) is 6.52. The molecule has 0 aliphatic carbocycles. The number of benzene rings is 2. The van der Waals surface area contributed by atoms with Gasteiger partial charge >= 0.3 is 0 Å². The molecule has 124 valence electrons. The predicted octanol–water partition coefficient (Wildman–Crippen LogP) is 3.28. The van der Waals surface area contributed by atoms with Crippen molar-refractivity contribution in [2.75, 3.05) is 13.7 Å². The molecule has 1 amide bonds. The molecule has 0 bridgehead atoms. The van der Waals surface area contributed by atoms with Gasteiger partial charge in [-0.05, 0) is 53.8 Å². The van der Waals surface area contributed by atoms with Crippen LogP contribution in [0, 0.1) is 0 Å². The van der Waals surface area contributed by atoms with Crippen molar-refractivity contribution in [3.05, 3.63) is 64.7 Å². The van der Waals surface area contributed by atoms with Crippen LogP contribution in [-0.2, 0) is 13.1 Å². The zero-order valence-electron chi connectivity index (χ0n) is 13.9. The molecule has 4 heteroatoms. The number of hydrogen-bond donors (Lipinski definition) is 1. The van der Waals surface area contributed by atoms with Gasteiger partial charge in [0.1, 0.15) is 5.75 Å². The summed E-state index contributed by atoms with van der Waals surface area (Å²) < 4.78 is 5.23. The minimum atomic E-state index is 0.142. The molecule has 2 aromatic rings. The predicted molar refractivity (Wildman–Crippen MR) is 93.0 cm³/mol. The van der Waals surface area contributed by atoms with Crippen LogP contribution in [0.1, 0.15) is 45.9 Å². The van der Waals surface area contributed by atoms with Crippen LogP contribution in [0.3, 0.4) is 0 Å². The van der Waals surface area contributed by atoms with E-state index in [1.165, 1.54) is 16.7 Å². The van der Waals surface area contributed by atoms with Crippen LogP contribution < -0.4 is 10.1 Å². The lowest BCUT2D eigenvalue weighted by Crippen LogP contribution is -2.30. The molecule has 2 aliphatic rings. The minimum absolute atomic E-state index is 0.142. The molecule has 4 rings (SSSR count). The highest BCUT2D eigenvalue weighted by molar-refractivity contribution is 5.95. The average molecular weight is 322 g/mol. The molecule has 0 aromatic heterocycles. The Bertz CT molecular complexity index is 755. The molecule has 1 unspecified atom stereocenters. The van der Waals surface area contributed by atoms with E-state index in [9.17, 15) is 4.79 Å². The molecular formula is C20H22N2O2. The van der Waals surface area contributed by atoms with Gasteiger partial charge < -0.3 is 15.0 Å². The summed E-state index contributed by atoms with van der Waals surface area (Å²) in [6.07, 6.45) is 2.07. The van der Waals surface area contributed by atoms with Crippen LogP contribution in [0.25, 0.3) is 0 Å². The van der Waals surface area contributed by atoms with Gasteiger partial charge in [-0.25, -0.2) is 0 Å². The van der Waals surface area contributed by atoms with Crippen molar-refractivity contribution < 1.29 is 9.53 Å². The lowest BCUT2D eigenvalue weighted by Gasteiger charge is -2.25. The van der Waals surface area contributed by atoms with Gasteiger partial charge in [-0.1, -0.05) is 18.2 Å². The first-order valence-electron chi connectivity index (χ1n) is 8.54. The van der Waals surface area contributed by atoms with Gasteiger partial charge in [-0.15, -0.1) is 0 Å². The quantitative estimate of drug-likeness (QED) is 0.943.